The van der Waals surface area contributed by atoms with Crippen LogP contribution >= 0.6 is 0 Å². The largest absolute Gasteiger partial charge is 0.198 e. The van der Waals surface area contributed by atoms with E-state index in [1.807, 2.05) is 0 Å². The van der Waals surface area contributed by atoms with Crippen LogP contribution < -0.4 is 0 Å². The molecule has 1 rings (SSSR count). The van der Waals surface area contributed by atoms with Crippen LogP contribution in [0.15, 0.2) is 0 Å². The number of nitriles is 1. The molecule has 1 aliphatic rings. The van der Waals surface area contributed by atoms with E-state index >= 15 is 0 Å². The van der Waals surface area contributed by atoms with E-state index in [1.165, 1.54) is 32.1 Å². The van der Waals surface area contributed by atoms with Gasteiger partial charge >= 0.3 is 0 Å². The van der Waals surface area contributed by atoms with E-state index in [0.29, 0.717) is 0 Å². The zero-order chi connectivity index (χ0) is 8.86. The van der Waals surface area contributed by atoms with Crippen molar-refractivity contribution in [3.05, 3.63) is 0 Å². The Bertz CT molecular complexity index is 160. The van der Waals surface area contributed by atoms with Gasteiger partial charge in [-0.05, 0) is 19.3 Å². The SMILES string of the molecule is CCCCC1(C#N)CCCCC1. The molecule has 0 radical (unpaired) electrons. The summed E-state index contributed by atoms with van der Waals surface area (Å²) in [6, 6.07) is 2.55. The van der Waals surface area contributed by atoms with Crippen LogP contribution in [0.4, 0.5) is 0 Å². The highest BCUT2D eigenvalue weighted by Gasteiger charge is 2.30. The molecule has 0 aromatic rings. The molecule has 12 heavy (non-hydrogen) atoms. The van der Waals surface area contributed by atoms with Crippen LogP contribution in [-0.4, -0.2) is 0 Å². The predicted octanol–water partition coefficient (Wildman–Crippen LogP) is 3.65. The molecule has 0 spiro atoms. The Morgan fingerprint density at radius 2 is 1.92 bits per heavy atom. The molecule has 0 saturated heterocycles. The minimum atomic E-state index is 0.0776. The second-order valence-electron chi connectivity index (χ2n) is 4.06. The van der Waals surface area contributed by atoms with Gasteiger partial charge in [0, 0.05) is 0 Å². The Balaban J connectivity index is 2.44. The second-order valence-corrected chi connectivity index (χ2v) is 4.06. The molecule has 0 heterocycles. The Morgan fingerprint density at radius 1 is 1.25 bits per heavy atom. The molecule has 0 aromatic heterocycles. The maximum atomic E-state index is 9.12. The average molecular weight is 165 g/mol. The lowest BCUT2D eigenvalue weighted by Crippen LogP contribution is -2.21. The molecule has 1 nitrogen and oxygen atoms in total. The number of hydrogen-bond donors (Lipinski definition) is 0. The Kier molecular flexibility index (Phi) is 3.59. The first kappa shape index (κ1) is 9.58. The maximum Gasteiger partial charge on any atom is 0.0689 e. The van der Waals surface area contributed by atoms with E-state index in [4.69, 9.17) is 5.26 Å². The molecule has 0 aromatic carbocycles. The average Bonchev–Trinajstić information content (AvgIpc) is 2.16. The lowest BCUT2D eigenvalue weighted by Gasteiger charge is -2.30. The van der Waals surface area contributed by atoms with Crippen molar-refractivity contribution in [1.29, 1.82) is 5.26 Å². The summed E-state index contributed by atoms with van der Waals surface area (Å²) in [4.78, 5) is 0. The van der Waals surface area contributed by atoms with Gasteiger partial charge in [-0.3, -0.25) is 0 Å². The Labute approximate surface area is 75.8 Å². The standard InChI is InChI=1S/C11H19N/c1-2-3-7-11(10-12)8-5-4-6-9-11/h2-9H2,1H3. The molecule has 1 fully saturated rings. The molecule has 0 bridgehead atoms. The van der Waals surface area contributed by atoms with Crippen molar-refractivity contribution in [3.63, 3.8) is 0 Å². The summed E-state index contributed by atoms with van der Waals surface area (Å²) >= 11 is 0. The minimum absolute atomic E-state index is 0.0776. The van der Waals surface area contributed by atoms with Crippen molar-refractivity contribution in [2.45, 2.75) is 58.3 Å². The van der Waals surface area contributed by atoms with Crippen LogP contribution in [0.25, 0.3) is 0 Å². The first-order valence-electron chi connectivity index (χ1n) is 5.24. The van der Waals surface area contributed by atoms with Crippen molar-refractivity contribution in [1.82, 2.24) is 0 Å². The molecule has 1 aliphatic carbocycles. The highest BCUT2D eigenvalue weighted by molar-refractivity contribution is 5.00. The van der Waals surface area contributed by atoms with Gasteiger partial charge in [0.25, 0.3) is 0 Å². The summed E-state index contributed by atoms with van der Waals surface area (Å²) in [6.07, 6.45) is 9.80. The summed E-state index contributed by atoms with van der Waals surface area (Å²) in [5.41, 5.74) is 0.0776. The van der Waals surface area contributed by atoms with Gasteiger partial charge in [-0.2, -0.15) is 5.26 Å². The molecule has 0 unspecified atom stereocenters. The summed E-state index contributed by atoms with van der Waals surface area (Å²) in [5.74, 6) is 0. The lowest BCUT2D eigenvalue weighted by molar-refractivity contribution is 0.243. The van der Waals surface area contributed by atoms with E-state index in [1.54, 1.807) is 0 Å². The van der Waals surface area contributed by atoms with Gasteiger partial charge in [0.15, 0.2) is 0 Å². The third kappa shape index (κ3) is 2.24. The first-order valence-corrected chi connectivity index (χ1v) is 5.24. The van der Waals surface area contributed by atoms with Crippen LogP contribution in [-0.2, 0) is 0 Å². The molecule has 0 amide bonds. The predicted molar refractivity (Wildman–Crippen MR) is 50.7 cm³/mol. The van der Waals surface area contributed by atoms with E-state index in [9.17, 15) is 0 Å². The van der Waals surface area contributed by atoms with Crippen LogP contribution in [0.5, 0.6) is 0 Å². The van der Waals surface area contributed by atoms with Gasteiger partial charge in [0.05, 0.1) is 11.5 Å². The number of rotatable bonds is 3. The van der Waals surface area contributed by atoms with E-state index in [2.05, 4.69) is 13.0 Å². The van der Waals surface area contributed by atoms with Crippen molar-refractivity contribution < 1.29 is 0 Å². The van der Waals surface area contributed by atoms with Crippen molar-refractivity contribution in [2.24, 2.45) is 5.41 Å². The summed E-state index contributed by atoms with van der Waals surface area (Å²) in [7, 11) is 0. The molecule has 1 heteroatoms. The topological polar surface area (TPSA) is 23.8 Å². The van der Waals surface area contributed by atoms with Gasteiger partial charge in [0.1, 0.15) is 0 Å². The molecule has 0 atom stereocenters. The van der Waals surface area contributed by atoms with E-state index < -0.39 is 0 Å². The monoisotopic (exact) mass is 165 g/mol. The molecule has 68 valence electrons. The van der Waals surface area contributed by atoms with Gasteiger partial charge in [0.2, 0.25) is 0 Å². The third-order valence-corrected chi connectivity index (χ3v) is 3.06. The van der Waals surface area contributed by atoms with Crippen LogP contribution in [0.2, 0.25) is 0 Å². The smallest absolute Gasteiger partial charge is 0.0689 e. The highest BCUT2D eigenvalue weighted by atomic mass is 14.4. The minimum Gasteiger partial charge on any atom is -0.198 e. The van der Waals surface area contributed by atoms with Crippen LogP contribution in [0, 0.1) is 16.7 Å². The molecule has 1 saturated carbocycles. The van der Waals surface area contributed by atoms with Gasteiger partial charge in [-0.15, -0.1) is 0 Å². The zero-order valence-electron chi connectivity index (χ0n) is 8.10. The number of unbranched alkanes of at least 4 members (excludes halogenated alkanes) is 1. The van der Waals surface area contributed by atoms with Crippen molar-refractivity contribution in [3.8, 4) is 6.07 Å². The van der Waals surface area contributed by atoms with Crippen molar-refractivity contribution >= 4 is 0 Å². The zero-order valence-corrected chi connectivity index (χ0v) is 8.10. The molecule has 0 aliphatic heterocycles. The molecular formula is C11H19N. The maximum absolute atomic E-state index is 9.12. The summed E-state index contributed by atoms with van der Waals surface area (Å²) < 4.78 is 0. The van der Waals surface area contributed by atoms with Gasteiger partial charge in [-0.25, -0.2) is 0 Å². The van der Waals surface area contributed by atoms with Gasteiger partial charge in [-0.1, -0.05) is 39.0 Å². The fourth-order valence-corrected chi connectivity index (χ4v) is 2.16. The van der Waals surface area contributed by atoms with Crippen LogP contribution in [0.1, 0.15) is 58.3 Å². The normalized spacial score (nSPS) is 21.7. The highest BCUT2D eigenvalue weighted by Crippen LogP contribution is 2.39. The summed E-state index contributed by atoms with van der Waals surface area (Å²) in [5, 5.41) is 9.12. The van der Waals surface area contributed by atoms with Gasteiger partial charge < -0.3 is 0 Å². The van der Waals surface area contributed by atoms with Crippen LogP contribution in [0.3, 0.4) is 0 Å². The quantitative estimate of drug-likeness (QED) is 0.626. The fraction of sp³-hybridized carbons (Fsp3) is 0.909. The third-order valence-electron chi connectivity index (χ3n) is 3.06. The van der Waals surface area contributed by atoms with Crippen molar-refractivity contribution in [2.75, 3.05) is 0 Å². The number of nitrogens with zero attached hydrogens (tertiary/aromatic N) is 1. The molecule has 0 N–H and O–H groups in total. The Morgan fingerprint density at radius 3 is 2.42 bits per heavy atom. The lowest BCUT2D eigenvalue weighted by atomic mass is 9.72. The van der Waals surface area contributed by atoms with E-state index in [0.717, 1.165) is 19.3 Å². The Hall–Kier alpha value is -0.510. The first-order chi connectivity index (χ1) is 5.83. The molecular weight excluding hydrogens is 146 g/mol. The second kappa shape index (κ2) is 4.50. The van der Waals surface area contributed by atoms with E-state index in [-0.39, 0.29) is 5.41 Å². The summed E-state index contributed by atoms with van der Waals surface area (Å²) in [6.45, 7) is 2.20. The number of hydrogen-bond acceptors (Lipinski definition) is 1. The fourth-order valence-electron chi connectivity index (χ4n) is 2.16.